The van der Waals surface area contributed by atoms with E-state index in [1.54, 1.807) is 6.07 Å². The highest BCUT2D eigenvalue weighted by molar-refractivity contribution is 5.99. The molecule has 4 rings (SSSR count). The van der Waals surface area contributed by atoms with Crippen LogP contribution in [0.4, 0.5) is 29.1 Å². The number of hydrogen-bond donors (Lipinski definition) is 2. The van der Waals surface area contributed by atoms with E-state index in [1.165, 1.54) is 48.2 Å². The van der Waals surface area contributed by atoms with E-state index in [1.807, 2.05) is 0 Å². The summed E-state index contributed by atoms with van der Waals surface area (Å²) in [4.78, 5) is 28.0. The molecule has 4 aromatic rings. The molecule has 2 amide bonds. The predicted octanol–water partition coefficient (Wildman–Crippen LogP) is 4.57. The minimum absolute atomic E-state index is 0.0524. The van der Waals surface area contributed by atoms with Crippen molar-refractivity contribution in [1.29, 1.82) is 0 Å². The summed E-state index contributed by atoms with van der Waals surface area (Å²) in [7, 11) is 0. The molecule has 0 bridgehead atoms. The number of amides is 2. The van der Waals surface area contributed by atoms with E-state index in [-0.39, 0.29) is 17.9 Å². The maximum atomic E-state index is 13.9. The first kappa shape index (κ1) is 23.7. The maximum Gasteiger partial charge on any atom is 0.573 e. The Balaban J connectivity index is 1.61. The number of ether oxygens (including phenoxy) is 1. The van der Waals surface area contributed by atoms with Gasteiger partial charge in [0.05, 0.1) is 23.2 Å². The number of anilines is 2. The largest absolute Gasteiger partial charge is 0.573 e. The van der Waals surface area contributed by atoms with Gasteiger partial charge in [-0.05, 0) is 41.5 Å². The number of carbonyl (C=O) groups excluding carboxylic acids is 2. The lowest BCUT2D eigenvalue weighted by Crippen LogP contribution is -2.17. The Morgan fingerprint density at radius 2 is 1.80 bits per heavy atom. The molecular weight excluding hydrogens is 470 g/mol. The average molecular weight is 487 g/mol. The van der Waals surface area contributed by atoms with Crippen molar-refractivity contribution < 1.29 is 31.9 Å². The zero-order chi connectivity index (χ0) is 25.2. The first-order valence-corrected chi connectivity index (χ1v) is 10.1. The van der Waals surface area contributed by atoms with Gasteiger partial charge in [0.25, 0.3) is 0 Å². The van der Waals surface area contributed by atoms with Gasteiger partial charge in [-0.2, -0.15) is 0 Å². The molecule has 0 aliphatic carbocycles. The topological polar surface area (TPSA) is 97.6 Å². The molecule has 0 spiro atoms. The number of aromatic nitrogens is 3. The lowest BCUT2D eigenvalue weighted by atomic mass is 10.1. The van der Waals surface area contributed by atoms with Gasteiger partial charge in [-0.25, -0.2) is 13.9 Å². The Labute approximate surface area is 195 Å². The highest BCUT2D eigenvalue weighted by Gasteiger charge is 2.31. The molecule has 2 heterocycles. The van der Waals surface area contributed by atoms with E-state index < -0.39 is 29.7 Å². The van der Waals surface area contributed by atoms with Gasteiger partial charge in [0, 0.05) is 13.1 Å². The first-order chi connectivity index (χ1) is 16.6. The van der Waals surface area contributed by atoms with Crippen LogP contribution in [-0.2, 0) is 16.0 Å². The molecule has 12 heteroatoms. The van der Waals surface area contributed by atoms with E-state index in [0.717, 1.165) is 18.2 Å². The number of rotatable bonds is 6. The smallest absolute Gasteiger partial charge is 0.406 e. The minimum atomic E-state index is -4.82. The molecular formula is C23H17F4N5O3. The van der Waals surface area contributed by atoms with Gasteiger partial charge in [0.15, 0.2) is 5.82 Å². The summed E-state index contributed by atoms with van der Waals surface area (Å²) < 4.78 is 56.7. The molecule has 0 saturated carbocycles. The molecule has 0 saturated heterocycles. The molecule has 0 aliphatic heterocycles. The van der Waals surface area contributed by atoms with E-state index in [0.29, 0.717) is 22.2 Å². The third-order valence-corrected chi connectivity index (χ3v) is 4.78. The molecule has 35 heavy (non-hydrogen) atoms. The lowest BCUT2D eigenvalue weighted by Gasteiger charge is -2.10. The summed E-state index contributed by atoms with van der Waals surface area (Å²) in [6.45, 7) is 1.24. The van der Waals surface area contributed by atoms with E-state index in [9.17, 15) is 27.2 Å². The van der Waals surface area contributed by atoms with Crippen LogP contribution in [0.5, 0.6) is 5.75 Å². The van der Waals surface area contributed by atoms with Crippen LogP contribution in [0.15, 0.2) is 61.1 Å². The highest BCUT2D eigenvalue weighted by atomic mass is 19.4. The Bertz CT molecular complexity index is 1400. The second kappa shape index (κ2) is 9.41. The van der Waals surface area contributed by atoms with Crippen LogP contribution in [0, 0.1) is 5.82 Å². The second-order valence-electron chi connectivity index (χ2n) is 7.43. The summed E-state index contributed by atoms with van der Waals surface area (Å²) in [5.74, 6) is -1.83. The van der Waals surface area contributed by atoms with Crippen molar-refractivity contribution >= 4 is 28.8 Å². The number of benzene rings is 2. The van der Waals surface area contributed by atoms with Gasteiger partial charge in [-0.3, -0.25) is 9.59 Å². The third kappa shape index (κ3) is 5.72. The molecule has 2 aromatic heterocycles. The van der Waals surface area contributed by atoms with Crippen molar-refractivity contribution in [3.63, 3.8) is 0 Å². The zero-order valence-corrected chi connectivity index (χ0v) is 18.1. The Kier molecular flexibility index (Phi) is 6.36. The predicted molar refractivity (Wildman–Crippen MR) is 118 cm³/mol. The molecule has 2 aromatic carbocycles. The Morgan fingerprint density at radius 3 is 2.49 bits per heavy atom. The highest BCUT2D eigenvalue weighted by Crippen LogP contribution is 2.34. The summed E-state index contributed by atoms with van der Waals surface area (Å²) in [5.41, 5.74) is 1.87. The number of carbonyl (C=O) groups is 2. The van der Waals surface area contributed by atoms with Crippen LogP contribution in [0.25, 0.3) is 16.6 Å². The van der Waals surface area contributed by atoms with E-state index >= 15 is 0 Å². The van der Waals surface area contributed by atoms with Crippen LogP contribution < -0.4 is 15.4 Å². The molecule has 180 valence electrons. The fraction of sp³-hybridized carbons (Fsp3) is 0.130. The number of hydrogen-bond acceptors (Lipinski definition) is 5. The molecule has 2 N–H and O–H groups in total. The van der Waals surface area contributed by atoms with Crippen molar-refractivity contribution in [1.82, 2.24) is 14.6 Å². The number of halogens is 4. The van der Waals surface area contributed by atoms with Crippen molar-refractivity contribution in [2.45, 2.75) is 19.7 Å². The third-order valence-electron chi connectivity index (χ3n) is 4.78. The summed E-state index contributed by atoms with van der Waals surface area (Å²) in [6, 6.07) is 10.7. The number of nitrogens with one attached hydrogen (secondary N) is 2. The van der Waals surface area contributed by atoms with Crippen LogP contribution in [-0.4, -0.2) is 32.8 Å². The SMILES string of the molecule is CC(=O)Nc1cc(CC(=O)Nc2nn3cnccc3c2-c2ccc(OC(F)(F)F)cc2)ccc1F. The quantitative estimate of drug-likeness (QED) is 0.388. The molecule has 0 atom stereocenters. The number of fused-ring (bicyclic) bond motifs is 1. The fourth-order valence-corrected chi connectivity index (χ4v) is 3.44. The van der Waals surface area contributed by atoms with Gasteiger partial charge < -0.3 is 15.4 Å². The number of alkyl halides is 3. The summed E-state index contributed by atoms with van der Waals surface area (Å²) in [5, 5.41) is 9.36. The zero-order valence-electron chi connectivity index (χ0n) is 18.1. The Hall–Kier alpha value is -4.48. The average Bonchev–Trinajstić information content (AvgIpc) is 3.13. The fourth-order valence-electron chi connectivity index (χ4n) is 3.44. The van der Waals surface area contributed by atoms with E-state index in [2.05, 4.69) is 25.5 Å². The standard InChI is InChI=1S/C23H17F4N5O3/c1-13(33)29-18-10-14(2-7-17(18)24)11-20(34)30-22-21(19-8-9-28-12-32(19)31-22)15-3-5-16(6-4-15)35-23(25,26)27/h2-10,12H,11H2,1H3,(H,29,33)(H,30,31,34). The van der Waals surface area contributed by atoms with Gasteiger partial charge in [0.1, 0.15) is 17.9 Å². The van der Waals surface area contributed by atoms with Crippen molar-refractivity contribution in [2.75, 3.05) is 10.6 Å². The normalized spacial score (nSPS) is 11.3. The minimum Gasteiger partial charge on any atom is -0.406 e. The number of nitrogens with zero attached hydrogens (tertiary/aromatic N) is 3. The maximum absolute atomic E-state index is 13.9. The van der Waals surface area contributed by atoms with Gasteiger partial charge in [0.2, 0.25) is 11.8 Å². The van der Waals surface area contributed by atoms with E-state index in [4.69, 9.17) is 0 Å². The summed E-state index contributed by atoms with van der Waals surface area (Å²) in [6.07, 6.45) is -2.06. The van der Waals surface area contributed by atoms with Gasteiger partial charge in [-0.1, -0.05) is 18.2 Å². The molecule has 8 nitrogen and oxygen atoms in total. The first-order valence-electron chi connectivity index (χ1n) is 10.1. The van der Waals surface area contributed by atoms with Crippen LogP contribution in [0.2, 0.25) is 0 Å². The van der Waals surface area contributed by atoms with Crippen molar-refractivity contribution in [2.24, 2.45) is 0 Å². The molecule has 0 radical (unpaired) electrons. The Morgan fingerprint density at radius 1 is 1.06 bits per heavy atom. The lowest BCUT2D eigenvalue weighted by molar-refractivity contribution is -0.274. The van der Waals surface area contributed by atoms with Crippen molar-refractivity contribution in [3.8, 4) is 16.9 Å². The summed E-state index contributed by atoms with van der Waals surface area (Å²) >= 11 is 0. The van der Waals surface area contributed by atoms with Crippen LogP contribution in [0.3, 0.4) is 0 Å². The van der Waals surface area contributed by atoms with Gasteiger partial charge >= 0.3 is 6.36 Å². The van der Waals surface area contributed by atoms with Crippen molar-refractivity contribution in [3.05, 3.63) is 72.4 Å². The monoisotopic (exact) mass is 487 g/mol. The van der Waals surface area contributed by atoms with Crippen LogP contribution in [0.1, 0.15) is 12.5 Å². The second-order valence-corrected chi connectivity index (χ2v) is 7.43. The molecule has 0 unspecified atom stereocenters. The molecule has 0 aliphatic rings. The molecule has 0 fully saturated rings. The van der Waals surface area contributed by atoms with Crippen LogP contribution >= 0.6 is 0 Å². The van der Waals surface area contributed by atoms with Gasteiger partial charge in [-0.15, -0.1) is 18.3 Å².